The van der Waals surface area contributed by atoms with Crippen LogP contribution in [0.25, 0.3) is 11.3 Å². The summed E-state index contributed by atoms with van der Waals surface area (Å²) in [7, 11) is 0. The number of benzene rings is 1. The average Bonchev–Trinajstić information content (AvgIpc) is 2.84. The Hall–Kier alpha value is -2.28. The number of thiazole rings is 1. The standard InChI is InChI=1S/C16H19N3O3S/c1-10-5-6-11(7-13(10)19(21)22)12-9-23-15(17-12)18-14(20)8-16(2,3)4/h5-7,9H,8H2,1-4H3,(H,17,18,20). The summed E-state index contributed by atoms with van der Waals surface area (Å²) in [6.07, 6.45) is 0.401. The quantitative estimate of drug-likeness (QED) is 0.663. The molecule has 1 heterocycles. The summed E-state index contributed by atoms with van der Waals surface area (Å²) < 4.78 is 0. The van der Waals surface area contributed by atoms with E-state index in [-0.39, 0.29) is 17.0 Å². The molecule has 1 aromatic carbocycles. The van der Waals surface area contributed by atoms with Crippen LogP contribution in [0.4, 0.5) is 10.8 Å². The van der Waals surface area contributed by atoms with Gasteiger partial charge < -0.3 is 5.32 Å². The molecule has 2 aromatic rings. The molecule has 0 aliphatic carbocycles. The summed E-state index contributed by atoms with van der Waals surface area (Å²) in [5, 5.41) is 16.1. The van der Waals surface area contributed by atoms with E-state index in [4.69, 9.17) is 0 Å². The Bertz CT molecular complexity index is 747. The van der Waals surface area contributed by atoms with Crippen LogP contribution in [0.5, 0.6) is 0 Å². The topological polar surface area (TPSA) is 85.1 Å². The third-order valence-corrected chi connectivity index (χ3v) is 3.90. The predicted molar refractivity (Wildman–Crippen MR) is 91.6 cm³/mol. The molecule has 0 saturated heterocycles. The number of anilines is 1. The first kappa shape index (κ1) is 17.1. The lowest BCUT2D eigenvalue weighted by Gasteiger charge is -2.16. The molecule has 2 rings (SSSR count). The number of rotatable bonds is 4. The van der Waals surface area contributed by atoms with Gasteiger partial charge in [0.05, 0.1) is 10.6 Å². The Labute approximate surface area is 138 Å². The first-order chi connectivity index (χ1) is 10.7. The minimum Gasteiger partial charge on any atom is -0.302 e. The summed E-state index contributed by atoms with van der Waals surface area (Å²) in [5.41, 5.74) is 1.85. The Morgan fingerprint density at radius 2 is 2.09 bits per heavy atom. The molecule has 0 fully saturated rings. The number of carbonyl (C=O) groups excluding carboxylic acids is 1. The summed E-state index contributed by atoms with van der Waals surface area (Å²) in [4.78, 5) is 26.9. The minimum absolute atomic E-state index is 0.0637. The van der Waals surface area contributed by atoms with E-state index in [2.05, 4.69) is 10.3 Å². The maximum atomic E-state index is 11.9. The second kappa shape index (κ2) is 6.45. The van der Waals surface area contributed by atoms with Crippen molar-refractivity contribution in [2.24, 2.45) is 5.41 Å². The molecule has 0 aliphatic rings. The molecule has 0 aliphatic heterocycles. The highest BCUT2D eigenvalue weighted by atomic mass is 32.1. The Kier molecular flexibility index (Phi) is 4.79. The lowest BCUT2D eigenvalue weighted by atomic mass is 9.92. The molecule has 0 unspecified atom stereocenters. The zero-order valence-corrected chi connectivity index (χ0v) is 14.4. The number of carbonyl (C=O) groups is 1. The maximum absolute atomic E-state index is 11.9. The van der Waals surface area contributed by atoms with Gasteiger partial charge in [-0.1, -0.05) is 32.9 Å². The Morgan fingerprint density at radius 3 is 2.70 bits per heavy atom. The third kappa shape index (κ3) is 4.59. The molecular formula is C16H19N3O3S. The first-order valence-corrected chi connectivity index (χ1v) is 8.04. The van der Waals surface area contributed by atoms with E-state index in [1.54, 1.807) is 24.4 Å². The van der Waals surface area contributed by atoms with Crippen molar-refractivity contribution in [3.8, 4) is 11.3 Å². The highest BCUT2D eigenvalue weighted by molar-refractivity contribution is 7.14. The second-order valence-corrected chi connectivity index (χ2v) is 7.44. The number of amides is 1. The number of hydrogen-bond acceptors (Lipinski definition) is 5. The van der Waals surface area contributed by atoms with E-state index < -0.39 is 4.92 Å². The number of nitro benzene ring substituents is 1. The van der Waals surface area contributed by atoms with Crippen molar-refractivity contribution in [1.82, 2.24) is 4.98 Å². The fourth-order valence-electron chi connectivity index (χ4n) is 2.07. The molecule has 0 atom stereocenters. The van der Waals surface area contributed by atoms with Crippen LogP contribution in [-0.2, 0) is 4.79 Å². The van der Waals surface area contributed by atoms with Gasteiger partial charge in [-0.15, -0.1) is 11.3 Å². The van der Waals surface area contributed by atoms with Gasteiger partial charge in [0.25, 0.3) is 5.69 Å². The minimum atomic E-state index is -0.406. The lowest BCUT2D eigenvalue weighted by Crippen LogP contribution is -2.19. The molecule has 0 saturated carbocycles. The van der Waals surface area contributed by atoms with Crippen LogP contribution in [0.3, 0.4) is 0 Å². The summed E-state index contributed by atoms with van der Waals surface area (Å²) in [6.45, 7) is 7.67. The molecule has 0 spiro atoms. The van der Waals surface area contributed by atoms with Crippen molar-refractivity contribution in [1.29, 1.82) is 0 Å². The molecular weight excluding hydrogens is 314 g/mol. The van der Waals surface area contributed by atoms with Crippen molar-refractivity contribution >= 4 is 28.1 Å². The number of nitrogens with one attached hydrogen (secondary N) is 1. The van der Waals surface area contributed by atoms with Crippen molar-refractivity contribution in [3.05, 3.63) is 39.3 Å². The normalized spacial score (nSPS) is 11.3. The monoisotopic (exact) mass is 333 g/mol. The van der Waals surface area contributed by atoms with Gasteiger partial charge in [0.2, 0.25) is 5.91 Å². The van der Waals surface area contributed by atoms with Crippen LogP contribution >= 0.6 is 11.3 Å². The average molecular weight is 333 g/mol. The van der Waals surface area contributed by atoms with E-state index in [1.165, 1.54) is 17.4 Å². The number of aromatic nitrogens is 1. The van der Waals surface area contributed by atoms with Crippen molar-refractivity contribution in [3.63, 3.8) is 0 Å². The SMILES string of the molecule is Cc1ccc(-c2csc(NC(=O)CC(C)(C)C)n2)cc1[N+](=O)[O-]. The second-order valence-electron chi connectivity index (χ2n) is 6.58. The van der Waals surface area contributed by atoms with E-state index in [1.807, 2.05) is 20.8 Å². The molecule has 23 heavy (non-hydrogen) atoms. The van der Waals surface area contributed by atoms with E-state index in [0.717, 1.165) is 0 Å². The summed E-state index contributed by atoms with van der Waals surface area (Å²) in [6, 6.07) is 4.99. The molecule has 6 nitrogen and oxygen atoms in total. The predicted octanol–water partition coefficient (Wildman–Crippen LogP) is 4.40. The van der Waals surface area contributed by atoms with Gasteiger partial charge in [0, 0.05) is 29.0 Å². The molecule has 1 amide bonds. The van der Waals surface area contributed by atoms with Gasteiger partial charge in [0.1, 0.15) is 0 Å². The van der Waals surface area contributed by atoms with Crippen LogP contribution in [0, 0.1) is 22.5 Å². The number of nitro groups is 1. The maximum Gasteiger partial charge on any atom is 0.272 e. The highest BCUT2D eigenvalue weighted by Gasteiger charge is 2.18. The van der Waals surface area contributed by atoms with E-state index >= 15 is 0 Å². The van der Waals surface area contributed by atoms with Gasteiger partial charge in [-0.3, -0.25) is 14.9 Å². The van der Waals surface area contributed by atoms with Crippen molar-refractivity contribution in [2.45, 2.75) is 34.1 Å². The van der Waals surface area contributed by atoms with Gasteiger partial charge in [-0.05, 0) is 12.3 Å². The number of nitrogens with zero attached hydrogens (tertiary/aromatic N) is 2. The molecule has 1 aromatic heterocycles. The van der Waals surface area contributed by atoms with Crippen LogP contribution < -0.4 is 5.32 Å². The molecule has 7 heteroatoms. The largest absolute Gasteiger partial charge is 0.302 e. The van der Waals surface area contributed by atoms with Crippen LogP contribution in [-0.4, -0.2) is 15.8 Å². The fraction of sp³-hybridized carbons (Fsp3) is 0.375. The Balaban J connectivity index is 2.18. The van der Waals surface area contributed by atoms with Crippen LogP contribution in [0.1, 0.15) is 32.8 Å². The van der Waals surface area contributed by atoms with Crippen molar-refractivity contribution in [2.75, 3.05) is 5.32 Å². The highest BCUT2D eigenvalue weighted by Crippen LogP contribution is 2.29. The van der Waals surface area contributed by atoms with Gasteiger partial charge in [-0.25, -0.2) is 4.98 Å². The van der Waals surface area contributed by atoms with Crippen LogP contribution in [0.15, 0.2) is 23.6 Å². The fourth-order valence-corrected chi connectivity index (χ4v) is 2.81. The smallest absolute Gasteiger partial charge is 0.272 e. The summed E-state index contributed by atoms with van der Waals surface area (Å²) >= 11 is 1.30. The Morgan fingerprint density at radius 1 is 1.39 bits per heavy atom. The van der Waals surface area contributed by atoms with E-state index in [9.17, 15) is 14.9 Å². The zero-order valence-electron chi connectivity index (χ0n) is 13.5. The van der Waals surface area contributed by atoms with Crippen LogP contribution in [0.2, 0.25) is 0 Å². The lowest BCUT2D eigenvalue weighted by molar-refractivity contribution is -0.385. The number of hydrogen-bond donors (Lipinski definition) is 1. The molecule has 0 bridgehead atoms. The van der Waals surface area contributed by atoms with E-state index in [0.29, 0.717) is 28.4 Å². The van der Waals surface area contributed by atoms with Gasteiger partial charge in [0.15, 0.2) is 5.13 Å². The molecule has 0 radical (unpaired) electrons. The van der Waals surface area contributed by atoms with Gasteiger partial charge >= 0.3 is 0 Å². The number of aryl methyl sites for hydroxylation is 1. The summed E-state index contributed by atoms with van der Waals surface area (Å²) in [5.74, 6) is -0.0895. The zero-order chi connectivity index (χ0) is 17.2. The van der Waals surface area contributed by atoms with Crippen molar-refractivity contribution < 1.29 is 9.72 Å². The third-order valence-electron chi connectivity index (χ3n) is 3.14. The van der Waals surface area contributed by atoms with Gasteiger partial charge in [-0.2, -0.15) is 0 Å². The molecule has 1 N–H and O–H groups in total. The molecule has 122 valence electrons. The first-order valence-electron chi connectivity index (χ1n) is 7.16.